The van der Waals surface area contributed by atoms with Gasteiger partial charge in [-0.15, -0.1) is 6.07 Å². The Morgan fingerprint density at radius 1 is 1.27 bits per heavy atom. The summed E-state index contributed by atoms with van der Waals surface area (Å²) >= 11 is 5.47. The molecule has 26 heavy (non-hydrogen) atoms. The standard InChI is InChI=1S/C19H23N2O3S.Y/c1-14(2)19(22)15-5-7-16(8-6-15)20-10-9-18(25)21(20)13-23-12-17-4-3-11-24-17;/h3-8,14,19,22H,9-10,12-13H2,1-2H3;/q-1;. The van der Waals surface area contributed by atoms with Gasteiger partial charge in [0, 0.05) is 45.7 Å². The number of anilines is 1. The summed E-state index contributed by atoms with van der Waals surface area (Å²) in [7, 11) is 0. The minimum Gasteiger partial charge on any atom is -0.593 e. The predicted molar refractivity (Wildman–Crippen MR) is 99.8 cm³/mol. The number of furan rings is 1. The molecular weight excluding hydrogens is 425 g/mol. The first-order valence-electron chi connectivity index (χ1n) is 8.44. The molecule has 0 spiro atoms. The van der Waals surface area contributed by atoms with Crippen molar-refractivity contribution in [3.63, 3.8) is 0 Å². The molecule has 1 aromatic carbocycles. The Morgan fingerprint density at radius 3 is 2.62 bits per heavy atom. The molecular formula is C19H23N2O3SY-. The summed E-state index contributed by atoms with van der Waals surface area (Å²) in [5.41, 5.74) is 1.96. The van der Waals surface area contributed by atoms with Gasteiger partial charge < -0.3 is 14.3 Å². The molecule has 1 unspecified atom stereocenters. The second-order valence-corrected chi connectivity index (χ2v) is 6.92. The van der Waals surface area contributed by atoms with Crippen LogP contribution >= 0.6 is 12.2 Å². The van der Waals surface area contributed by atoms with Gasteiger partial charge in [0.15, 0.2) is 0 Å². The molecule has 2 heterocycles. The van der Waals surface area contributed by atoms with E-state index >= 15 is 0 Å². The van der Waals surface area contributed by atoms with E-state index < -0.39 is 6.10 Å². The Bertz CT molecular complexity index is 691. The molecule has 1 saturated heterocycles. The van der Waals surface area contributed by atoms with E-state index in [1.54, 1.807) is 6.07 Å². The minimum atomic E-state index is -0.446. The second-order valence-electron chi connectivity index (χ2n) is 6.44. The average Bonchev–Trinajstić information content (AvgIpc) is 3.25. The monoisotopic (exact) mass is 448 g/mol. The number of nitrogens with zero attached hydrogens (tertiary/aromatic N) is 2. The average molecular weight is 448 g/mol. The van der Waals surface area contributed by atoms with Gasteiger partial charge in [-0.1, -0.05) is 38.2 Å². The Hall–Kier alpha value is -0.786. The normalized spacial score (nSPS) is 15.5. The van der Waals surface area contributed by atoms with Crippen LogP contribution in [0.5, 0.6) is 0 Å². The third-order valence-corrected chi connectivity index (χ3v) is 4.68. The van der Waals surface area contributed by atoms with Crippen LogP contribution in [0, 0.1) is 12.2 Å². The number of hydrogen-bond donors (Lipinski definition) is 1. The first kappa shape index (κ1) is 21.5. The van der Waals surface area contributed by atoms with E-state index in [1.165, 1.54) is 0 Å². The molecule has 0 bridgehead atoms. The number of hydrogen-bond acceptors (Lipinski definition) is 5. The van der Waals surface area contributed by atoms with Crippen LogP contribution in [-0.4, -0.2) is 28.4 Å². The van der Waals surface area contributed by atoms with Crippen LogP contribution in [0.3, 0.4) is 0 Å². The molecule has 3 rings (SSSR count). The summed E-state index contributed by atoms with van der Waals surface area (Å²) in [6.45, 7) is 5.59. The van der Waals surface area contributed by atoms with Gasteiger partial charge in [-0.2, -0.15) is 6.07 Å². The van der Waals surface area contributed by atoms with Crippen LogP contribution in [0.1, 0.15) is 37.7 Å². The van der Waals surface area contributed by atoms with E-state index in [0.29, 0.717) is 13.3 Å². The summed E-state index contributed by atoms with van der Waals surface area (Å²) in [6, 6.07) is 11.5. The zero-order valence-electron chi connectivity index (χ0n) is 15.1. The van der Waals surface area contributed by atoms with E-state index in [4.69, 9.17) is 21.4 Å². The third kappa shape index (κ3) is 5.14. The summed E-state index contributed by atoms with van der Waals surface area (Å²) < 4.78 is 10.9. The van der Waals surface area contributed by atoms with E-state index in [2.05, 4.69) is 11.3 Å². The Labute approximate surface area is 185 Å². The Kier molecular flexibility index (Phi) is 8.23. The quantitative estimate of drug-likeness (QED) is 0.515. The number of ether oxygens (including phenoxy) is 1. The molecule has 1 fully saturated rings. The van der Waals surface area contributed by atoms with Crippen LogP contribution in [0.15, 0.2) is 40.8 Å². The van der Waals surface area contributed by atoms with Gasteiger partial charge in [-0.25, -0.2) is 0 Å². The van der Waals surface area contributed by atoms with Crippen molar-refractivity contribution in [1.82, 2.24) is 5.01 Å². The number of benzene rings is 1. The fourth-order valence-corrected chi connectivity index (χ4v) is 3.05. The van der Waals surface area contributed by atoms with E-state index in [1.807, 2.05) is 49.2 Å². The van der Waals surface area contributed by atoms with Crippen LogP contribution in [0.4, 0.5) is 5.69 Å². The van der Waals surface area contributed by atoms with E-state index in [0.717, 1.165) is 35.0 Å². The molecule has 137 valence electrons. The van der Waals surface area contributed by atoms with Gasteiger partial charge in [0.2, 0.25) is 0 Å². The van der Waals surface area contributed by atoms with Gasteiger partial charge in [0.1, 0.15) is 11.7 Å². The number of rotatable bonds is 7. The fraction of sp³-hybridized carbons (Fsp3) is 0.421. The molecule has 1 aromatic heterocycles. The molecule has 7 heteroatoms. The van der Waals surface area contributed by atoms with E-state index in [9.17, 15) is 5.11 Å². The molecule has 0 saturated carbocycles. The van der Waals surface area contributed by atoms with Crippen molar-refractivity contribution in [1.29, 1.82) is 0 Å². The predicted octanol–water partition coefficient (Wildman–Crippen LogP) is 3.70. The Morgan fingerprint density at radius 2 is 2.00 bits per heavy atom. The Balaban J connectivity index is 0.00000243. The molecule has 2 aromatic rings. The SMILES string of the molecule is CC(C)C(O)c1ccc(N2CCC(=S)N2COCc2cc[c-]o2)cc1.[Y]. The molecule has 1 radical (unpaired) electrons. The zero-order chi connectivity index (χ0) is 17.8. The van der Waals surface area contributed by atoms with Crippen molar-refractivity contribution in [2.75, 3.05) is 18.3 Å². The van der Waals surface area contributed by atoms with Crippen molar-refractivity contribution >= 4 is 22.9 Å². The molecule has 1 atom stereocenters. The molecule has 0 aliphatic carbocycles. The van der Waals surface area contributed by atoms with Gasteiger partial charge >= 0.3 is 0 Å². The number of aliphatic hydroxyl groups excluding tert-OH is 1. The van der Waals surface area contributed by atoms with Gasteiger partial charge in [0.25, 0.3) is 0 Å². The number of hydrazine groups is 1. The van der Waals surface area contributed by atoms with Crippen LogP contribution in [0.25, 0.3) is 0 Å². The van der Waals surface area contributed by atoms with Crippen molar-refractivity contribution in [2.45, 2.75) is 33.0 Å². The zero-order valence-corrected chi connectivity index (χ0v) is 18.7. The summed E-state index contributed by atoms with van der Waals surface area (Å²) in [6.07, 6.45) is 3.03. The van der Waals surface area contributed by atoms with Crippen molar-refractivity contribution in [3.8, 4) is 0 Å². The van der Waals surface area contributed by atoms with Crippen molar-refractivity contribution in [2.24, 2.45) is 5.92 Å². The third-order valence-electron chi connectivity index (χ3n) is 4.27. The fourth-order valence-electron chi connectivity index (χ4n) is 2.81. The molecule has 5 nitrogen and oxygen atoms in total. The van der Waals surface area contributed by atoms with Gasteiger partial charge in [-0.3, -0.25) is 10.0 Å². The van der Waals surface area contributed by atoms with Crippen LogP contribution < -0.4 is 5.01 Å². The van der Waals surface area contributed by atoms with Crippen molar-refractivity contribution < 1.29 is 47.0 Å². The van der Waals surface area contributed by atoms with Crippen molar-refractivity contribution in [3.05, 3.63) is 54.0 Å². The van der Waals surface area contributed by atoms with E-state index in [-0.39, 0.29) is 38.6 Å². The molecule has 1 aliphatic heterocycles. The number of thiocarbonyl (C=S) groups is 1. The largest absolute Gasteiger partial charge is 0.593 e. The topological polar surface area (TPSA) is 49.1 Å². The maximum absolute atomic E-state index is 10.2. The molecule has 0 amide bonds. The summed E-state index contributed by atoms with van der Waals surface area (Å²) in [5, 5.41) is 14.3. The van der Waals surface area contributed by atoms with Gasteiger partial charge in [-0.05, 0) is 35.6 Å². The first-order valence-corrected chi connectivity index (χ1v) is 8.85. The van der Waals surface area contributed by atoms with Crippen LogP contribution in [0.2, 0.25) is 0 Å². The van der Waals surface area contributed by atoms with Crippen LogP contribution in [-0.2, 0) is 44.1 Å². The molecule has 1 aliphatic rings. The minimum absolute atomic E-state index is 0. The summed E-state index contributed by atoms with van der Waals surface area (Å²) in [4.78, 5) is 0.859. The maximum atomic E-state index is 10.2. The first-order chi connectivity index (χ1) is 12.1. The summed E-state index contributed by atoms with van der Waals surface area (Å²) in [5.74, 6) is 0.928. The maximum Gasteiger partial charge on any atom is 0.137 e. The van der Waals surface area contributed by atoms with Gasteiger partial charge in [0.05, 0.1) is 18.4 Å². The number of aliphatic hydroxyl groups is 1. The second kappa shape index (κ2) is 9.95. The smallest absolute Gasteiger partial charge is 0.137 e. The molecule has 1 N–H and O–H groups in total.